The molecule has 86 valence electrons. The van der Waals surface area contributed by atoms with E-state index in [0.29, 0.717) is 0 Å². The zero-order valence-electron chi connectivity index (χ0n) is 9.93. The van der Waals surface area contributed by atoms with E-state index in [2.05, 4.69) is 47.1 Å². The summed E-state index contributed by atoms with van der Waals surface area (Å²) in [5.41, 5.74) is 4.54. The van der Waals surface area contributed by atoms with Crippen LogP contribution < -0.4 is 0 Å². The Kier molecular flexibility index (Phi) is 4.22. The largest absolute Gasteiger partial charge is 0.0763 e. The second-order valence-electron chi connectivity index (χ2n) is 4.55. The summed E-state index contributed by atoms with van der Waals surface area (Å²) in [4.78, 5) is 0. The molecule has 0 aliphatic heterocycles. The Balaban J connectivity index is 1.95. The summed E-state index contributed by atoms with van der Waals surface area (Å²) in [6.45, 7) is 2.27. The van der Waals surface area contributed by atoms with Crippen LogP contribution in [0.3, 0.4) is 0 Å². The summed E-state index contributed by atoms with van der Waals surface area (Å²) in [5.74, 6) is 0. The highest BCUT2D eigenvalue weighted by atomic mass is 79.9. The van der Waals surface area contributed by atoms with Gasteiger partial charge in [0, 0.05) is 4.47 Å². The Morgan fingerprint density at radius 3 is 2.88 bits per heavy atom. The molecule has 0 aromatic heterocycles. The summed E-state index contributed by atoms with van der Waals surface area (Å²) in [7, 11) is 0. The van der Waals surface area contributed by atoms with E-state index in [-0.39, 0.29) is 0 Å². The van der Waals surface area contributed by atoms with Gasteiger partial charge in [0.2, 0.25) is 0 Å². The molecule has 0 atom stereocenters. The van der Waals surface area contributed by atoms with Crippen molar-refractivity contribution in [3.05, 3.63) is 39.9 Å². The molecule has 1 aliphatic carbocycles. The molecule has 0 radical (unpaired) electrons. The lowest BCUT2D eigenvalue weighted by Gasteiger charge is -2.06. The number of benzene rings is 1. The monoisotopic (exact) mass is 278 g/mol. The van der Waals surface area contributed by atoms with Gasteiger partial charge < -0.3 is 0 Å². The summed E-state index contributed by atoms with van der Waals surface area (Å²) in [5, 5.41) is 0. The lowest BCUT2D eigenvalue weighted by Crippen LogP contribution is -1.85. The highest BCUT2D eigenvalue weighted by molar-refractivity contribution is 9.10. The minimum absolute atomic E-state index is 1.12. The maximum Gasteiger partial charge on any atom is 0.0178 e. The molecule has 0 unspecified atom stereocenters. The van der Waals surface area contributed by atoms with Crippen LogP contribution in [0.2, 0.25) is 0 Å². The molecule has 0 saturated carbocycles. The number of hydrogen-bond donors (Lipinski definition) is 0. The quantitative estimate of drug-likeness (QED) is 0.636. The van der Waals surface area contributed by atoms with Crippen molar-refractivity contribution in [3.63, 3.8) is 0 Å². The van der Waals surface area contributed by atoms with Gasteiger partial charge in [-0.05, 0) is 48.1 Å². The second-order valence-corrected chi connectivity index (χ2v) is 5.46. The van der Waals surface area contributed by atoms with E-state index in [4.69, 9.17) is 0 Å². The van der Waals surface area contributed by atoms with Gasteiger partial charge in [-0.3, -0.25) is 0 Å². The average molecular weight is 279 g/mol. The normalized spacial score (nSPS) is 13.8. The van der Waals surface area contributed by atoms with Gasteiger partial charge >= 0.3 is 0 Å². The van der Waals surface area contributed by atoms with Gasteiger partial charge in [-0.1, -0.05) is 54.3 Å². The van der Waals surface area contributed by atoms with Crippen molar-refractivity contribution < 1.29 is 0 Å². The van der Waals surface area contributed by atoms with Crippen molar-refractivity contribution in [3.8, 4) is 0 Å². The van der Waals surface area contributed by atoms with Gasteiger partial charge in [0.15, 0.2) is 0 Å². The van der Waals surface area contributed by atoms with Crippen LogP contribution in [0.4, 0.5) is 0 Å². The Hall–Kier alpha value is -0.560. The molecule has 0 saturated heterocycles. The molecule has 0 N–H and O–H groups in total. The molecule has 0 heterocycles. The van der Waals surface area contributed by atoms with E-state index >= 15 is 0 Å². The lowest BCUT2D eigenvalue weighted by molar-refractivity contribution is 0.679. The first-order valence-corrected chi connectivity index (χ1v) is 7.08. The predicted octanol–water partition coefficient (Wildman–Crippen LogP) is 5.36. The number of unbranched alkanes of at least 4 members (excludes halogenated alkanes) is 3. The SMILES string of the molecule is CCCCCCC1=CCc2cc(Br)ccc21. The average Bonchev–Trinajstić information content (AvgIpc) is 2.67. The molecule has 0 bridgehead atoms. The van der Waals surface area contributed by atoms with E-state index in [1.807, 2.05) is 0 Å². The van der Waals surface area contributed by atoms with Gasteiger partial charge in [-0.25, -0.2) is 0 Å². The summed E-state index contributed by atoms with van der Waals surface area (Å²) >= 11 is 3.53. The standard InChI is InChI=1S/C15H19Br/c1-2-3-4-5-6-12-7-8-13-11-14(16)9-10-15(12)13/h7,9-11H,2-6,8H2,1H3. The van der Waals surface area contributed by atoms with Gasteiger partial charge in [0.05, 0.1) is 0 Å². The van der Waals surface area contributed by atoms with E-state index in [1.165, 1.54) is 47.7 Å². The molecule has 1 heteroatoms. The van der Waals surface area contributed by atoms with Gasteiger partial charge in [0.1, 0.15) is 0 Å². The Morgan fingerprint density at radius 1 is 1.19 bits per heavy atom. The number of hydrogen-bond acceptors (Lipinski definition) is 0. The predicted molar refractivity (Wildman–Crippen MR) is 74.6 cm³/mol. The third kappa shape index (κ3) is 2.76. The Labute approximate surface area is 107 Å². The van der Waals surface area contributed by atoms with E-state index < -0.39 is 0 Å². The first kappa shape index (κ1) is 11.9. The highest BCUT2D eigenvalue weighted by Crippen LogP contribution is 2.32. The van der Waals surface area contributed by atoms with E-state index in [1.54, 1.807) is 5.57 Å². The fraction of sp³-hybridized carbons (Fsp3) is 0.467. The smallest absolute Gasteiger partial charge is 0.0178 e. The molecule has 0 nitrogen and oxygen atoms in total. The van der Waals surface area contributed by atoms with Crippen molar-refractivity contribution in [1.29, 1.82) is 0 Å². The van der Waals surface area contributed by atoms with Crippen LogP contribution in [0.15, 0.2) is 28.7 Å². The van der Waals surface area contributed by atoms with Crippen LogP contribution in [-0.2, 0) is 6.42 Å². The zero-order valence-corrected chi connectivity index (χ0v) is 11.5. The number of fused-ring (bicyclic) bond motifs is 1. The van der Waals surface area contributed by atoms with E-state index in [0.717, 1.165) is 6.42 Å². The van der Waals surface area contributed by atoms with Crippen molar-refractivity contribution in [2.45, 2.75) is 45.4 Å². The van der Waals surface area contributed by atoms with Gasteiger partial charge in [0.25, 0.3) is 0 Å². The molecular weight excluding hydrogens is 260 g/mol. The molecule has 0 spiro atoms. The maximum atomic E-state index is 3.53. The number of allylic oxidation sites excluding steroid dienone is 2. The van der Waals surface area contributed by atoms with Crippen molar-refractivity contribution >= 4 is 21.5 Å². The third-order valence-electron chi connectivity index (χ3n) is 3.28. The van der Waals surface area contributed by atoms with Crippen molar-refractivity contribution in [1.82, 2.24) is 0 Å². The van der Waals surface area contributed by atoms with Crippen molar-refractivity contribution in [2.75, 3.05) is 0 Å². The van der Waals surface area contributed by atoms with Gasteiger partial charge in [-0.2, -0.15) is 0 Å². The molecule has 2 rings (SSSR count). The zero-order chi connectivity index (χ0) is 11.4. The molecule has 1 aromatic rings. The minimum Gasteiger partial charge on any atom is -0.0763 e. The summed E-state index contributed by atoms with van der Waals surface area (Å²) in [6.07, 6.45) is 10.2. The van der Waals surface area contributed by atoms with E-state index in [9.17, 15) is 0 Å². The van der Waals surface area contributed by atoms with Gasteiger partial charge in [-0.15, -0.1) is 0 Å². The van der Waals surface area contributed by atoms with Crippen LogP contribution >= 0.6 is 15.9 Å². The topological polar surface area (TPSA) is 0 Å². The minimum atomic E-state index is 1.12. The molecule has 1 aliphatic rings. The third-order valence-corrected chi connectivity index (χ3v) is 3.77. The maximum absolute atomic E-state index is 3.53. The first-order chi connectivity index (χ1) is 7.81. The summed E-state index contributed by atoms with van der Waals surface area (Å²) in [6, 6.07) is 6.67. The lowest BCUT2D eigenvalue weighted by atomic mass is 10.0. The first-order valence-electron chi connectivity index (χ1n) is 6.29. The molecule has 0 fully saturated rings. The Morgan fingerprint density at radius 2 is 2.06 bits per heavy atom. The van der Waals surface area contributed by atoms with Crippen LogP contribution in [-0.4, -0.2) is 0 Å². The molecule has 0 amide bonds. The Bertz CT molecular complexity index is 390. The van der Waals surface area contributed by atoms with Crippen LogP contribution in [0.5, 0.6) is 0 Å². The number of rotatable bonds is 5. The highest BCUT2D eigenvalue weighted by Gasteiger charge is 2.13. The summed E-state index contributed by atoms with van der Waals surface area (Å²) < 4.78 is 1.20. The fourth-order valence-electron chi connectivity index (χ4n) is 2.37. The molecule has 1 aromatic carbocycles. The van der Waals surface area contributed by atoms with Crippen LogP contribution in [0.25, 0.3) is 5.57 Å². The van der Waals surface area contributed by atoms with Crippen LogP contribution in [0, 0.1) is 0 Å². The second kappa shape index (κ2) is 5.67. The molecular formula is C15H19Br. The fourth-order valence-corrected chi connectivity index (χ4v) is 2.78. The number of halogens is 1. The van der Waals surface area contributed by atoms with Crippen molar-refractivity contribution in [2.24, 2.45) is 0 Å². The molecule has 16 heavy (non-hydrogen) atoms. The van der Waals surface area contributed by atoms with Crippen LogP contribution in [0.1, 0.15) is 50.2 Å².